The molecule has 9 heteroatoms. The number of halogens is 2. The van der Waals surface area contributed by atoms with Crippen LogP contribution in [0.3, 0.4) is 0 Å². The number of aromatic nitrogens is 1. The van der Waals surface area contributed by atoms with Crippen molar-refractivity contribution < 1.29 is 18.7 Å². The molecule has 2 rings (SSSR count). The highest BCUT2D eigenvalue weighted by molar-refractivity contribution is 8.01. The van der Waals surface area contributed by atoms with Crippen LogP contribution in [0.15, 0.2) is 27.9 Å². The van der Waals surface area contributed by atoms with Gasteiger partial charge in [-0.1, -0.05) is 23.4 Å². The standard InChI is InChI=1S/C15H14ClFN2O3S2/c1-2-22-14(21)6-10-7-23-15(18-10)24-8-13(20)19-12-4-3-9(16)5-11(12)17/h3-5,7H,2,6,8H2,1H3,(H,19,20). The summed E-state index contributed by atoms with van der Waals surface area (Å²) < 4.78 is 19.1. The molecule has 24 heavy (non-hydrogen) atoms. The molecule has 1 aromatic heterocycles. The second kappa shape index (κ2) is 9.00. The van der Waals surface area contributed by atoms with E-state index >= 15 is 0 Å². The lowest BCUT2D eigenvalue weighted by Gasteiger charge is -2.05. The van der Waals surface area contributed by atoms with E-state index in [0.717, 1.165) is 6.07 Å². The Bertz CT molecular complexity index is 739. The number of hydrogen-bond donors (Lipinski definition) is 1. The van der Waals surface area contributed by atoms with E-state index < -0.39 is 5.82 Å². The molecule has 0 saturated heterocycles. The number of rotatable bonds is 7. The fourth-order valence-corrected chi connectivity index (χ4v) is 3.50. The van der Waals surface area contributed by atoms with Crippen LogP contribution in [0.1, 0.15) is 12.6 Å². The van der Waals surface area contributed by atoms with E-state index in [4.69, 9.17) is 16.3 Å². The van der Waals surface area contributed by atoms with Gasteiger partial charge in [0, 0.05) is 10.4 Å². The summed E-state index contributed by atoms with van der Waals surface area (Å²) in [5, 5.41) is 4.48. The lowest BCUT2D eigenvalue weighted by atomic mass is 10.3. The maximum Gasteiger partial charge on any atom is 0.311 e. The van der Waals surface area contributed by atoms with E-state index in [1.807, 2.05) is 0 Å². The number of esters is 1. The molecule has 0 aliphatic heterocycles. The predicted molar refractivity (Wildman–Crippen MR) is 93.2 cm³/mol. The van der Waals surface area contributed by atoms with Crippen LogP contribution in [0.25, 0.3) is 0 Å². The first-order valence-corrected chi connectivity index (χ1v) is 9.20. The van der Waals surface area contributed by atoms with Gasteiger partial charge in [-0.15, -0.1) is 11.3 Å². The van der Waals surface area contributed by atoms with E-state index in [-0.39, 0.29) is 34.8 Å². The number of amides is 1. The molecule has 0 bridgehead atoms. The smallest absolute Gasteiger partial charge is 0.311 e. The zero-order chi connectivity index (χ0) is 17.5. The molecule has 0 fully saturated rings. The molecule has 0 unspecified atom stereocenters. The zero-order valence-electron chi connectivity index (χ0n) is 12.7. The monoisotopic (exact) mass is 388 g/mol. The summed E-state index contributed by atoms with van der Waals surface area (Å²) in [5.41, 5.74) is 0.678. The Kier molecular flexibility index (Phi) is 7.01. The van der Waals surface area contributed by atoms with Gasteiger partial charge in [0.2, 0.25) is 5.91 Å². The van der Waals surface area contributed by atoms with Gasteiger partial charge in [-0.3, -0.25) is 9.59 Å². The minimum Gasteiger partial charge on any atom is -0.466 e. The predicted octanol–water partition coefficient (Wildman–Crippen LogP) is 3.77. The summed E-state index contributed by atoms with van der Waals surface area (Å²) >= 11 is 8.20. The van der Waals surface area contributed by atoms with Crippen LogP contribution in [-0.2, 0) is 20.7 Å². The van der Waals surface area contributed by atoms with Crippen molar-refractivity contribution >= 4 is 52.3 Å². The van der Waals surface area contributed by atoms with Crippen LogP contribution in [0.5, 0.6) is 0 Å². The van der Waals surface area contributed by atoms with Gasteiger partial charge in [0.05, 0.1) is 30.2 Å². The van der Waals surface area contributed by atoms with Crippen molar-refractivity contribution in [3.63, 3.8) is 0 Å². The van der Waals surface area contributed by atoms with Crippen molar-refractivity contribution in [2.45, 2.75) is 17.7 Å². The van der Waals surface area contributed by atoms with E-state index in [9.17, 15) is 14.0 Å². The second-order valence-electron chi connectivity index (χ2n) is 4.55. The molecule has 5 nitrogen and oxygen atoms in total. The van der Waals surface area contributed by atoms with Gasteiger partial charge in [0.15, 0.2) is 4.34 Å². The number of benzene rings is 1. The summed E-state index contributed by atoms with van der Waals surface area (Å²) in [6.45, 7) is 2.06. The van der Waals surface area contributed by atoms with Gasteiger partial charge < -0.3 is 10.1 Å². The lowest BCUT2D eigenvalue weighted by molar-refractivity contribution is -0.142. The summed E-state index contributed by atoms with van der Waals surface area (Å²) in [6.07, 6.45) is 0.104. The van der Waals surface area contributed by atoms with Crippen molar-refractivity contribution in [2.24, 2.45) is 0 Å². The van der Waals surface area contributed by atoms with Gasteiger partial charge in [0.1, 0.15) is 5.82 Å². The van der Waals surface area contributed by atoms with Crippen LogP contribution >= 0.6 is 34.7 Å². The van der Waals surface area contributed by atoms with Gasteiger partial charge in [-0.25, -0.2) is 9.37 Å². The quantitative estimate of drug-likeness (QED) is 0.577. The molecule has 128 valence electrons. The van der Waals surface area contributed by atoms with Crippen molar-refractivity contribution in [3.8, 4) is 0 Å². The number of carbonyl (C=O) groups is 2. The average molecular weight is 389 g/mol. The Balaban J connectivity index is 1.83. The number of nitrogens with one attached hydrogen (secondary N) is 1. The topological polar surface area (TPSA) is 68.3 Å². The molecule has 2 aromatic rings. The zero-order valence-corrected chi connectivity index (χ0v) is 15.1. The largest absolute Gasteiger partial charge is 0.466 e. The first-order chi connectivity index (χ1) is 11.5. The summed E-state index contributed by atoms with van der Waals surface area (Å²) in [7, 11) is 0. The molecule has 0 aliphatic carbocycles. The van der Waals surface area contributed by atoms with Crippen LogP contribution in [-0.4, -0.2) is 29.2 Å². The molecule has 1 amide bonds. The van der Waals surface area contributed by atoms with Crippen LogP contribution < -0.4 is 5.32 Å². The molecule has 1 N–H and O–H groups in total. The third-order valence-corrected chi connectivity index (χ3v) is 5.00. The fourth-order valence-electron chi connectivity index (χ4n) is 1.70. The summed E-state index contributed by atoms with van der Waals surface area (Å²) in [6, 6.07) is 4.03. The molecular formula is C15H14ClFN2O3S2. The first kappa shape index (κ1) is 18.7. The Hall–Kier alpha value is -1.64. The normalized spacial score (nSPS) is 10.5. The van der Waals surface area contributed by atoms with Crippen molar-refractivity contribution in [1.82, 2.24) is 4.98 Å². The van der Waals surface area contributed by atoms with Crippen molar-refractivity contribution in [2.75, 3.05) is 17.7 Å². The molecule has 1 heterocycles. The first-order valence-electron chi connectivity index (χ1n) is 6.95. The maximum absolute atomic E-state index is 13.6. The molecule has 0 radical (unpaired) electrons. The Labute approximate surface area is 151 Å². The maximum atomic E-state index is 13.6. The number of thiazole rings is 1. The lowest BCUT2D eigenvalue weighted by Crippen LogP contribution is -2.15. The highest BCUT2D eigenvalue weighted by Gasteiger charge is 2.12. The number of anilines is 1. The van der Waals surface area contributed by atoms with E-state index in [0.29, 0.717) is 16.6 Å². The number of ether oxygens (including phenoxy) is 1. The third-order valence-electron chi connectivity index (χ3n) is 2.69. The Morgan fingerprint density at radius 3 is 2.96 bits per heavy atom. The van der Waals surface area contributed by atoms with Gasteiger partial charge >= 0.3 is 5.97 Å². The molecule has 0 aliphatic rings. The molecule has 0 spiro atoms. The van der Waals surface area contributed by atoms with Crippen molar-refractivity contribution in [3.05, 3.63) is 40.1 Å². The highest BCUT2D eigenvalue weighted by Crippen LogP contribution is 2.24. The van der Waals surface area contributed by atoms with Gasteiger partial charge in [-0.2, -0.15) is 0 Å². The van der Waals surface area contributed by atoms with Crippen LogP contribution in [0.4, 0.5) is 10.1 Å². The number of nitrogens with zero attached hydrogens (tertiary/aromatic N) is 1. The molecule has 0 atom stereocenters. The Morgan fingerprint density at radius 1 is 1.46 bits per heavy atom. The molecular weight excluding hydrogens is 375 g/mol. The number of thioether (sulfide) groups is 1. The van der Waals surface area contributed by atoms with Crippen molar-refractivity contribution in [1.29, 1.82) is 0 Å². The Morgan fingerprint density at radius 2 is 2.25 bits per heavy atom. The van der Waals surface area contributed by atoms with Gasteiger partial charge in [-0.05, 0) is 25.1 Å². The third kappa shape index (κ3) is 5.77. The minimum atomic E-state index is -0.591. The SMILES string of the molecule is CCOC(=O)Cc1csc(SCC(=O)Nc2ccc(Cl)cc2F)n1. The molecule has 1 aromatic carbocycles. The van der Waals surface area contributed by atoms with Gasteiger partial charge in [0.25, 0.3) is 0 Å². The summed E-state index contributed by atoms with van der Waals surface area (Å²) in [4.78, 5) is 27.5. The van der Waals surface area contributed by atoms with E-state index in [1.54, 1.807) is 12.3 Å². The average Bonchev–Trinajstić information content (AvgIpc) is 2.96. The highest BCUT2D eigenvalue weighted by atomic mass is 35.5. The number of hydrogen-bond acceptors (Lipinski definition) is 6. The fraction of sp³-hybridized carbons (Fsp3) is 0.267. The van der Waals surface area contributed by atoms with Crippen LogP contribution in [0, 0.1) is 5.82 Å². The minimum absolute atomic E-state index is 0.0761. The van der Waals surface area contributed by atoms with E-state index in [2.05, 4.69) is 10.3 Å². The van der Waals surface area contributed by atoms with Crippen LogP contribution in [0.2, 0.25) is 5.02 Å². The van der Waals surface area contributed by atoms with E-state index in [1.165, 1.54) is 35.2 Å². The number of carbonyl (C=O) groups excluding carboxylic acids is 2. The summed E-state index contributed by atoms with van der Waals surface area (Å²) in [5.74, 6) is -1.21. The molecule has 0 saturated carbocycles. The second-order valence-corrected chi connectivity index (χ2v) is 7.06.